The summed E-state index contributed by atoms with van der Waals surface area (Å²) < 4.78 is 24.5. The fraction of sp³-hybridized carbons (Fsp3) is 0.111. The normalized spacial score (nSPS) is 11.1. The summed E-state index contributed by atoms with van der Waals surface area (Å²) in [4.78, 5) is 7.22. The summed E-state index contributed by atoms with van der Waals surface area (Å²) in [5.74, 6) is -0.411. The third-order valence-corrected chi connectivity index (χ3v) is 1.82. The van der Waals surface area contributed by atoms with Crippen molar-refractivity contribution in [3.63, 3.8) is 0 Å². The van der Waals surface area contributed by atoms with Crippen LogP contribution in [0.1, 0.15) is 12.1 Å². The maximum atomic E-state index is 12.3. The van der Waals surface area contributed by atoms with Crippen LogP contribution in [0, 0.1) is 0 Å². The topological polar surface area (TPSA) is 46.0 Å². The second-order valence-electron chi connectivity index (χ2n) is 2.74. The van der Waals surface area contributed by atoms with Crippen LogP contribution in [0.4, 0.5) is 8.78 Å². The highest BCUT2D eigenvalue weighted by Gasteiger charge is 2.12. The minimum atomic E-state index is -2.70. The van der Waals surface area contributed by atoms with E-state index in [1.807, 2.05) is 0 Å². The Kier molecular flexibility index (Phi) is 1.99. The third-order valence-electron chi connectivity index (χ3n) is 1.82. The first-order valence-electron chi connectivity index (χ1n) is 3.91. The molecule has 72 valence electrons. The number of halogens is 2. The number of hydrogen-bond acceptors (Lipinski definition) is 3. The number of rotatable bonds is 1. The molecule has 0 saturated heterocycles. The van der Waals surface area contributed by atoms with E-state index in [1.165, 1.54) is 12.3 Å². The van der Waals surface area contributed by atoms with E-state index < -0.39 is 18.0 Å². The van der Waals surface area contributed by atoms with Crippen LogP contribution in [0.5, 0.6) is 5.88 Å². The van der Waals surface area contributed by atoms with Gasteiger partial charge in [0.15, 0.2) is 0 Å². The minimum absolute atomic E-state index is 0.315. The number of hydrogen-bond donors (Lipinski definition) is 1. The monoisotopic (exact) mass is 196 g/mol. The second-order valence-corrected chi connectivity index (χ2v) is 2.74. The molecule has 0 unspecified atom stereocenters. The summed E-state index contributed by atoms with van der Waals surface area (Å²) in [7, 11) is 0. The fourth-order valence-corrected chi connectivity index (χ4v) is 1.19. The lowest BCUT2D eigenvalue weighted by Gasteiger charge is -2.02. The van der Waals surface area contributed by atoms with Crippen LogP contribution < -0.4 is 0 Å². The molecule has 0 aliphatic rings. The predicted molar refractivity (Wildman–Crippen MR) is 46.2 cm³/mol. The average Bonchev–Trinajstić information content (AvgIpc) is 2.17. The number of nitrogens with zero attached hydrogens (tertiary/aromatic N) is 2. The van der Waals surface area contributed by atoms with E-state index in [0.29, 0.717) is 10.9 Å². The van der Waals surface area contributed by atoms with Crippen molar-refractivity contribution < 1.29 is 13.9 Å². The van der Waals surface area contributed by atoms with Crippen LogP contribution in [0.15, 0.2) is 24.4 Å². The van der Waals surface area contributed by atoms with Gasteiger partial charge in [0.05, 0.1) is 10.9 Å². The first-order valence-corrected chi connectivity index (χ1v) is 3.91. The van der Waals surface area contributed by atoms with Gasteiger partial charge >= 0.3 is 0 Å². The first kappa shape index (κ1) is 8.80. The second kappa shape index (κ2) is 3.17. The smallest absolute Gasteiger partial charge is 0.280 e. The Balaban J connectivity index is 2.72. The summed E-state index contributed by atoms with van der Waals surface area (Å²) in [5.41, 5.74) is -0.149. The molecule has 3 nitrogen and oxygen atoms in total. The highest BCUT2D eigenvalue weighted by atomic mass is 19.3. The van der Waals surface area contributed by atoms with Crippen LogP contribution in [0.25, 0.3) is 10.9 Å². The van der Waals surface area contributed by atoms with Gasteiger partial charge in [0.2, 0.25) is 5.88 Å². The van der Waals surface area contributed by atoms with Crippen molar-refractivity contribution in [3.05, 3.63) is 30.1 Å². The molecular weight excluding hydrogens is 190 g/mol. The van der Waals surface area contributed by atoms with Crippen molar-refractivity contribution in [1.82, 2.24) is 9.97 Å². The molecule has 0 fully saturated rings. The van der Waals surface area contributed by atoms with Crippen LogP contribution in [-0.4, -0.2) is 15.1 Å². The van der Waals surface area contributed by atoms with Gasteiger partial charge < -0.3 is 5.11 Å². The van der Waals surface area contributed by atoms with Gasteiger partial charge in [-0.05, 0) is 18.2 Å². The summed E-state index contributed by atoms with van der Waals surface area (Å²) in [6.07, 6.45) is -1.23. The Labute approximate surface area is 78.0 Å². The maximum Gasteiger partial charge on any atom is 0.280 e. The molecule has 0 radical (unpaired) electrons. The van der Waals surface area contributed by atoms with E-state index in [0.717, 1.165) is 0 Å². The number of fused-ring (bicyclic) bond motifs is 1. The minimum Gasteiger partial charge on any atom is -0.493 e. The molecule has 0 spiro atoms. The van der Waals surface area contributed by atoms with E-state index in [4.69, 9.17) is 0 Å². The fourth-order valence-electron chi connectivity index (χ4n) is 1.19. The number of aromatic nitrogens is 2. The van der Waals surface area contributed by atoms with Crippen molar-refractivity contribution in [2.75, 3.05) is 0 Å². The van der Waals surface area contributed by atoms with Crippen molar-refractivity contribution in [2.24, 2.45) is 0 Å². The molecule has 0 aromatic carbocycles. The summed E-state index contributed by atoms with van der Waals surface area (Å²) in [6, 6.07) is 4.34. The molecule has 0 bridgehead atoms. The van der Waals surface area contributed by atoms with Crippen molar-refractivity contribution in [3.8, 4) is 5.88 Å². The Hall–Kier alpha value is -1.78. The first-order chi connectivity index (χ1) is 6.68. The van der Waals surface area contributed by atoms with Crippen LogP contribution in [-0.2, 0) is 0 Å². The Morgan fingerprint density at radius 2 is 2.14 bits per heavy atom. The van der Waals surface area contributed by atoms with E-state index in [2.05, 4.69) is 9.97 Å². The molecule has 0 amide bonds. The molecule has 0 atom stereocenters. The lowest BCUT2D eigenvalue weighted by Crippen LogP contribution is -1.91. The van der Waals surface area contributed by atoms with Gasteiger partial charge in [-0.1, -0.05) is 0 Å². The zero-order chi connectivity index (χ0) is 10.1. The largest absolute Gasteiger partial charge is 0.493 e. The lowest BCUT2D eigenvalue weighted by molar-refractivity contribution is 0.145. The van der Waals surface area contributed by atoms with Crippen LogP contribution in [0.2, 0.25) is 0 Å². The van der Waals surface area contributed by atoms with Gasteiger partial charge in [0.25, 0.3) is 6.43 Å². The summed E-state index contributed by atoms with van der Waals surface area (Å²) in [6.45, 7) is 0. The SMILES string of the molecule is Oc1nc(C(F)F)cc2ncccc12. The highest BCUT2D eigenvalue weighted by Crippen LogP contribution is 2.26. The van der Waals surface area contributed by atoms with Gasteiger partial charge in [0.1, 0.15) is 5.69 Å². The Morgan fingerprint density at radius 1 is 1.36 bits per heavy atom. The standard InChI is InChI=1S/C9H6F2N2O/c10-8(11)7-4-6-5(9(14)13-7)2-1-3-12-6/h1-4,8H,(H,13,14). The molecule has 0 aliphatic heterocycles. The van der Waals surface area contributed by atoms with Crippen molar-refractivity contribution in [1.29, 1.82) is 0 Å². The van der Waals surface area contributed by atoms with E-state index >= 15 is 0 Å². The molecule has 2 aromatic rings. The summed E-state index contributed by atoms with van der Waals surface area (Å²) in [5, 5.41) is 9.69. The maximum absolute atomic E-state index is 12.3. The molecule has 14 heavy (non-hydrogen) atoms. The van der Waals surface area contributed by atoms with Crippen LogP contribution in [0.3, 0.4) is 0 Å². The van der Waals surface area contributed by atoms with Gasteiger partial charge in [-0.3, -0.25) is 4.98 Å². The Bertz CT molecular complexity index is 473. The number of pyridine rings is 2. The number of aromatic hydroxyl groups is 1. The predicted octanol–water partition coefficient (Wildman–Crippen LogP) is 2.27. The molecule has 0 aliphatic carbocycles. The molecule has 2 rings (SSSR count). The van der Waals surface area contributed by atoms with Crippen LogP contribution >= 0.6 is 0 Å². The number of alkyl halides is 2. The average molecular weight is 196 g/mol. The summed E-state index contributed by atoms with van der Waals surface area (Å²) >= 11 is 0. The highest BCUT2D eigenvalue weighted by molar-refractivity contribution is 5.83. The molecule has 2 aromatic heterocycles. The van der Waals surface area contributed by atoms with Gasteiger partial charge in [-0.2, -0.15) is 0 Å². The molecule has 5 heteroatoms. The van der Waals surface area contributed by atoms with Gasteiger partial charge in [0, 0.05) is 6.20 Å². The quantitative estimate of drug-likeness (QED) is 0.760. The molecule has 0 saturated carbocycles. The zero-order valence-electron chi connectivity index (χ0n) is 6.98. The van der Waals surface area contributed by atoms with Gasteiger partial charge in [-0.15, -0.1) is 0 Å². The Morgan fingerprint density at radius 3 is 2.86 bits per heavy atom. The zero-order valence-corrected chi connectivity index (χ0v) is 6.98. The van der Waals surface area contributed by atoms with Crippen molar-refractivity contribution >= 4 is 10.9 Å². The van der Waals surface area contributed by atoms with Gasteiger partial charge in [-0.25, -0.2) is 13.8 Å². The van der Waals surface area contributed by atoms with E-state index in [-0.39, 0.29) is 0 Å². The third kappa shape index (κ3) is 1.37. The molecular formula is C9H6F2N2O. The molecule has 2 heterocycles. The van der Waals surface area contributed by atoms with E-state index in [9.17, 15) is 13.9 Å². The van der Waals surface area contributed by atoms with Crippen molar-refractivity contribution in [2.45, 2.75) is 6.43 Å². The molecule has 1 N–H and O–H groups in total. The van der Waals surface area contributed by atoms with E-state index in [1.54, 1.807) is 12.1 Å². The lowest BCUT2D eigenvalue weighted by atomic mass is 10.2.